The lowest BCUT2D eigenvalue weighted by Gasteiger charge is -2.00. The molecular weight excluding hydrogens is 244 g/mol. The average Bonchev–Trinajstić information content (AvgIpc) is 3.10. The van der Waals surface area contributed by atoms with E-state index in [9.17, 15) is 4.79 Å². The van der Waals surface area contributed by atoms with Crippen LogP contribution < -0.4 is 0 Å². The van der Waals surface area contributed by atoms with E-state index in [4.69, 9.17) is 4.52 Å². The predicted molar refractivity (Wildman–Crippen MR) is 66.3 cm³/mol. The number of hydrogen-bond donors (Lipinski definition) is 0. The molecule has 3 aromatic rings. The van der Waals surface area contributed by atoms with Crippen molar-refractivity contribution in [3.8, 4) is 11.5 Å². The minimum Gasteiger partial charge on any atom is -0.334 e. The maximum atomic E-state index is 12.0. The number of Topliss-reactive ketones (excluding diaryl/α,β-unsaturated/α-hetero) is 1. The van der Waals surface area contributed by atoms with Gasteiger partial charge >= 0.3 is 0 Å². The molecule has 19 heavy (non-hydrogen) atoms. The van der Waals surface area contributed by atoms with E-state index < -0.39 is 0 Å². The van der Waals surface area contributed by atoms with Crippen LogP contribution in [0.1, 0.15) is 10.4 Å². The zero-order valence-corrected chi connectivity index (χ0v) is 9.93. The van der Waals surface area contributed by atoms with Gasteiger partial charge in [0, 0.05) is 11.8 Å². The molecule has 0 N–H and O–H groups in total. The minimum atomic E-state index is 0.000721. The normalized spacial score (nSPS) is 10.5. The number of carbonyl (C=O) groups excluding carboxylic acids is 1. The summed E-state index contributed by atoms with van der Waals surface area (Å²) in [6.45, 7) is 0.179. The van der Waals surface area contributed by atoms with Crippen molar-refractivity contribution in [2.24, 2.45) is 0 Å². The first-order valence-electron chi connectivity index (χ1n) is 5.71. The van der Waals surface area contributed by atoms with Crippen molar-refractivity contribution >= 4 is 5.78 Å². The van der Waals surface area contributed by atoms with Crippen LogP contribution in [0.15, 0.2) is 53.6 Å². The molecule has 6 heteroatoms. The molecule has 0 saturated heterocycles. The number of rotatable bonds is 4. The van der Waals surface area contributed by atoms with Crippen LogP contribution in [0.3, 0.4) is 0 Å². The Bertz CT molecular complexity index is 674. The lowest BCUT2D eigenvalue weighted by molar-refractivity contribution is 0.0967. The Morgan fingerprint density at radius 2 is 2.11 bits per heavy atom. The summed E-state index contributed by atoms with van der Waals surface area (Å²) in [6.07, 6.45) is 4.61. The summed E-state index contributed by atoms with van der Waals surface area (Å²) < 4.78 is 6.47. The van der Waals surface area contributed by atoms with Gasteiger partial charge in [-0.25, -0.2) is 0 Å². The fraction of sp³-hybridized carbons (Fsp3) is 0.0769. The molecule has 94 valence electrons. The first kappa shape index (κ1) is 11.3. The molecule has 0 atom stereocenters. The highest BCUT2D eigenvalue weighted by molar-refractivity contribution is 5.95. The van der Waals surface area contributed by atoms with E-state index in [2.05, 4.69) is 15.2 Å². The Kier molecular flexibility index (Phi) is 2.89. The van der Waals surface area contributed by atoms with E-state index in [1.807, 2.05) is 18.2 Å². The largest absolute Gasteiger partial charge is 0.334 e. The summed E-state index contributed by atoms with van der Waals surface area (Å²) in [7, 11) is 0. The second kappa shape index (κ2) is 4.85. The predicted octanol–water partition coefficient (Wildman–Crippen LogP) is 1.82. The van der Waals surface area contributed by atoms with Gasteiger partial charge in [-0.05, 0) is 0 Å². The van der Waals surface area contributed by atoms with Crippen molar-refractivity contribution in [3.05, 3.63) is 54.6 Å². The SMILES string of the molecule is O=C(Cn1cc(-c2ncno2)cn1)c1ccccc1. The molecule has 0 radical (unpaired) electrons. The lowest BCUT2D eigenvalue weighted by atomic mass is 10.1. The van der Waals surface area contributed by atoms with Gasteiger partial charge in [-0.2, -0.15) is 10.1 Å². The van der Waals surface area contributed by atoms with Gasteiger partial charge in [0.1, 0.15) is 6.54 Å². The molecule has 0 spiro atoms. The summed E-state index contributed by atoms with van der Waals surface area (Å²) in [5.74, 6) is 0.388. The molecule has 3 rings (SSSR count). The third-order valence-corrected chi connectivity index (χ3v) is 2.64. The summed E-state index contributed by atoms with van der Waals surface area (Å²) in [6, 6.07) is 9.11. The molecule has 0 amide bonds. The van der Waals surface area contributed by atoms with Crippen molar-refractivity contribution in [2.45, 2.75) is 6.54 Å². The number of nitrogens with zero attached hydrogens (tertiary/aromatic N) is 4. The van der Waals surface area contributed by atoms with E-state index in [1.165, 1.54) is 6.33 Å². The summed E-state index contributed by atoms with van der Waals surface area (Å²) in [4.78, 5) is 15.9. The zero-order chi connectivity index (χ0) is 13.1. The molecule has 2 heterocycles. The van der Waals surface area contributed by atoms with Crippen molar-refractivity contribution in [3.63, 3.8) is 0 Å². The fourth-order valence-electron chi connectivity index (χ4n) is 1.72. The first-order valence-corrected chi connectivity index (χ1v) is 5.71. The van der Waals surface area contributed by atoms with Gasteiger partial charge in [0.15, 0.2) is 12.1 Å². The molecule has 6 nitrogen and oxygen atoms in total. The smallest absolute Gasteiger partial charge is 0.260 e. The summed E-state index contributed by atoms with van der Waals surface area (Å²) >= 11 is 0. The topological polar surface area (TPSA) is 73.8 Å². The highest BCUT2D eigenvalue weighted by Gasteiger charge is 2.10. The molecule has 2 aromatic heterocycles. The molecule has 0 aliphatic carbocycles. The first-order chi connectivity index (χ1) is 9.33. The highest BCUT2D eigenvalue weighted by atomic mass is 16.5. The van der Waals surface area contributed by atoms with Gasteiger partial charge in [0.2, 0.25) is 0 Å². The van der Waals surface area contributed by atoms with Crippen molar-refractivity contribution in [1.82, 2.24) is 19.9 Å². The van der Waals surface area contributed by atoms with Gasteiger partial charge in [0.25, 0.3) is 5.89 Å². The number of carbonyl (C=O) groups is 1. The maximum absolute atomic E-state index is 12.0. The Morgan fingerprint density at radius 1 is 1.26 bits per heavy atom. The second-order valence-electron chi connectivity index (χ2n) is 3.96. The van der Waals surface area contributed by atoms with E-state index in [0.29, 0.717) is 17.0 Å². The molecule has 0 saturated carbocycles. The average molecular weight is 254 g/mol. The van der Waals surface area contributed by atoms with Crippen LogP contribution >= 0.6 is 0 Å². The monoisotopic (exact) mass is 254 g/mol. The van der Waals surface area contributed by atoms with E-state index >= 15 is 0 Å². The van der Waals surface area contributed by atoms with Crippen LogP contribution in [0.5, 0.6) is 0 Å². The number of hydrogen-bond acceptors (Lipinski definition) is 5. The van der Waals surface area contributed by atoms with Crippen LogP contribution in [-0.4, -0.2) is 25.7 Å². The quantitative estimate of drug-likeness (QED) is 0.664. The molecule has 1 aromatic carbocycles. The Hall–Kier alpha value is -2.76. The van der Waals surface area contributed by atoms with Gasteiger partial charge in [-0.1, -0.05) is 35.5 Å². The molecular formula is C13H10N4O2. The Balaban J connectivity index is 1.76. The Morgan fingerprint density at radius 3 is 2.84 bits per heavy atom. The third kappa shape index (κ3) is 2.42. The minimum absolute atomic E-state index is 0.000721. The highest BCUT2D eigenvalue weighted by Crippen LogP contribution is 2.14. The fourth-order valence-corrected chi connectivity index (χ4v) is 1.72. The van der Waals surface area contributed by atoms with Gasteiger partial charge in [-0.15, -0.1) is 0 Å². The van der Waals surface area contributed by atoms with E-state index in [1.54, 1.807) is 29.2 Å². The number of benzene rings is 1. The number of aromatic nitrogens is 4. The lowest BCUT2D eigenvalue weighted by Crippen LogP contribution is -2.10. The van der Waals surface area contributed by atoms with Crippen molar-refractivity contribution < 1.29 is 9.32 Å². The summed E-state index contributed by atoms with van der Waals surface area (Å²) in [5.41, 5.74) is 1.36. The van der Waals surface area contributed by atoms with Crippen LogP contribution in [0.2, 0.25) is 0 Å². The molecule has 0 bridgehead atoms. The summed E-state index contributed by atoms with van der Waals surface area (Å²) in [5, 5.41) is 7.63. The zero-order valence-electron chi connectivity index (χ0n) is 9.93. The van der Waals surface area contributed by atoms with Gasteiger partial charge < -0.3 is 4.52 Å². The van der Waals surface area contributed by atoms with Crippen LogP contribution in [0, 0.1) is 0 Å². The second-order valence-corrected chi connectivity index (χ2v) is 3.96. The van der Waals surface area contributed by atoms with E-state index in [-0.39, 0.29) is 12.3 Å². The molecule has 0 unspecified atom stereocenters. The maximum Gasteiger partial charge on any atom is 0.260 e. The van der Waals surface area contributed by atoms with Crippen molar-refractivity contribution in [1.29, 1.82) is 0 Å². The van der Waals surface area contributed by atoms with Crippen LogP contribution in [-0.2, 0) is 6.54 Å². The van der Waals surface area contributed by atoms with Gasteiger partial charge in [0.05, 0.1) is 11.8 Å². The van der Waals surface area contributed by atoms with Crippen LogP contribution in [0.4, 0.5) is 0 Å². The molecule has 0 fully saturated rings. The molecule has 0 aliphatic heterocycles. The van der Waals surface area contributed by atoms with Crippen LogP contribution in [0.25, 0.3) is 11.5 Å². The third-order valence-electron chi connectivity index (χ3n) is 2.64. The molecule has 0 aliphatic rings. The number of ketones is 1. The Labute approximate surface area is 108 Å². The van der Waals surface area contributed by atoms with Crippen molar-refractivity contribution in [2.75, 3.05) is 0 Å². The standard InChI is InChI=1S/C13H10N4O2/c18-12(10-4-2-1-3-5-10)8-17-7-11(6-15-17)13-14-9-16-19-13/h1-7,9H,8H2. The van der Waals surface area contributed by atoms with E-state index in [0.717, 1.165) is 0 Å². The van der Waals surface area contributed by atoms with Gasteiger partial charge in [-0.3, -0.25) is 9.48 Å².